The van der Waals surface area contributed by atoms with Crippen molar-refractivity contribution in [1.29, 1.82) is 0 Å². The van der Waals surface area contributed by atoms with Gasteiger partial charge in [-0.25, -0.2) is 4.79 Å². The molecule has 4 nitrogen and oxygen atoms in total. The fourth-order valence-electron chi connectivity index (χ4n) is 3.61. The highest BCUT2D eigenvalue weighted by molar-refractivity contribution is 6.42. The van der Waals surface area contributed by atoms with Gasteiger partial charge in [-0.1, -0.05) is 36.5 Å². The van der Waals surface area contributed by atoms with Crippen LogP contribution in [0.2, 0.25) is 10.0 Å². The molecule has 6 heteroatoms. The highest BCUT2D eigenvalue weighted by Gasteiger charge is 2.23. The molecule has 0 unspecified atom stereocenters. The summed E-state index contributed by atoms with van der Waals surface area (Å²) in [4.78, 5) is 14.0. The molecule has 2 aromatic carbocycles. The first-order chi connectivity index (χ1) is 13.0. The number of hydrogen-bond donors (Lipinski definition) is 0. The van der Waals surface area contributed by atoms with Crippen LogP contribution in [0.1, 0.15) is 30.0 Å². The highest BCUT2D eigenvalue weighted by atomic mass is 35.5. The van der Waals surface area contributed by atoms with Gasteiger partial charge in [-0.05, 0) is 43.2 Å². The Morgan fingerprint density at radius 3 is 2.70 bits per heavy atom. The molecule has 0 N–H and O–H groups in total. The van der Waals surface area contributed by atoms with E-state index in [0.29, 0.717) is 28.9 Å². The molecule has 3 aromatic rings. The number of ether oxygens (including phenoxy) is 1. The van der Waals surface area contributed by atoms with Crippen LogP contribution in [0.3, 0.4) is 0 Å². The van der Waals surface area contributed by atoms with Gasteiger partial charge in [0.1, 0.15) is 11.3 Å². The van der Waals surface area contributed by atoms with E-state index < -0.39 is 0 Å². The number of hydrogen-bond acceptors (Lipinski definition) is 4. The van der Waals surface area contributed by atoms with Crippen molar-refractivity contribution in [2.75, 3.05) is 11.6 Å². The predicted octanol–water partition coefficient (Wildman–Crippen LogP) is 5.72. The lowest BCUT2D eigenvalue weighted by molar-refractivity contribution is 0.287. The predicted molar refractivity (Wildman–Crippen MR) is 109 cm³/mol. The normalized spacial score (nSPS) is 13.6. The van der Waals surface area contributed by atoms with Crippen LogP contribution in [-0.2, 0) is 13.0 Å². The Morgan fingerprint density at radius 1 is 1.15 bits per heavy atom. The minimum Gasteiger partial charge on any atom is -0.472 e. The molecule has 0 aliphatic carbocycles. The summed E-state index contributed by atoms with van der Waals surface area (Å²) in [5.74, 6) is 0.788. The van der Waals surface area contributed by atoms with E-state index in [4.69, 9.17) is 32.4 Å². The molecule has 4 rings (SSSR count). The summed E-state index contributed by atoms with van der Waals surface area (Å²) in [5.41, 5.74) is 4.19. The number of rotatable bonds is 3. The van der Waals surface area contributed by atoms with Crippen molar-refractivity contribution >= 4 is 39.9 Å². The lowest BCUT2D eigenvalue weighted by Gasteiger charge is -2.32. The van der Waals surface area contributed by atoms with Gasteiger partial charge in [0.05, 0.1) is 10.0 Å². The molecule has 0 saturated carbocycles. The second-order valence-electron chi connectivity index (χ2n) is 6.78. The molecule has 0 spiro atoms. The lowest BCUT2D eigenvalue weighted by atomic mass is 9.98. The molecule has 1 aromatic heterocycles. The van der Waals surface area contributed by atoms with Crippen molar-refractivity contribution < 1.29 is 9.15 Å². The number of fused-ring (bicyclic) bond motifs is 2. The first-order valence-electron chi connectivity index (χ1n) is 8.90. The standard InChI is InChI=1S/C21H19Cl2NO3/c1-3-4-13-8-19(25)27-21-12(2)20-14(7-16(13)21)10-24(11-26-20)15-5-6-17(22)18(23)9-15/h5-9H,3-4,10-11H2,1-2H3. The first kappa shape index (κ1) is 18.2. The van der Waals surface area contributed by atoms with Gasteiger partial charge in [-0.3, -0.25) is 0 Å². The van der Waals surface area contributed by atoms with E-state index in [2.05, 4.69) is 17.9 Å². The maximum atomic E-state index is 12.0. The average Bonchev–Trinajstić information content (AvgIpc) is 2.65. The highest BCUT2D eigenvalue weighted by Crippen LogP contribution is 2.38. The molecule has 0 saturated heterocycles. The quantitative estimate of drug-likeness (QED) is 0.524. The van der Waals surface area contributed by atoms with Crippen LogP contribution in [0.15, 0.2) is 39.5 Å². The molecule has 140 valence electrons. The molecule has 1 aliphatic heterocycles. The first-order valence-corrected chi connectivity index (χ1v) is 9.65. The third kappa shape index (κ3) is 3.28. The minimum atomic E-state index is -0.317. The Morgan fingerprint density at radius 2 is 1.96 bits per heavy atom. The monoisotopic (exact) mass is 403 g/mol. The van der Waals surface area contributed by atoms with Gasteiger partial charge in [-0.15, -0.1) is 0 Å². The van der Waals surface area contributed by atoms with Crippen LogP contribution < -0.4 is 15.3 Å². The maximum absolute atomic E-state index is 12.0. The molecule has 2 heterocycles. The summed E-state index contributed by atoms with van der Waals surface area (Å²) in [6.45, 7) is 5.10. The van der Waals surface area contributed by atoms with Crippen molar-refractivity contribution in [3.05, 3.63) is 67.5 Å². The number of aryl methyl sites for hydroxylation is 2. The number of nitrogens with zero attached hydrogens (tertiary/aromatic N) is 1. The molecule has 27 heavy (non-hydrogen) atoms. The molecule has 0 fully saturated rings. The van der Waals surface area contributed by atoms with Crippen molar-refractivity contribution in [3.63, 3.8) is 0 Å². The van der Waals surface area contributed by atoms with Crippen molar-refractivity contribution in [3.8, 4) is 5.75 Å². The van der Waals surface area contributed by atoms with Crippen LogP contribution >= 0.6 is 23.2 Å². The van der Waals surface area contributed by atoms with Crippen LogP contribution in [0.5, 0.6) is 5.75 Å². The maximum Gasteiger partial charge on any atom is 0.336 e. The molecule has 0 atom stereocenters. The Labute approximate surface area is 167 Å². The van der Waals surface area contributed by atoms with E-state index in [1.807, 2.05) is 19.1 Å². The molecular formula is C21H19Cl2NO3. The third-order valence-corrected chi connectivity index (χ3v) is 5.63. The topological polar surface area (TPSA) is 42.7 Å². The van der Waals surface area contributed by atoms with Gasteiger partial charge in [0, 0.05) is 34.8 Å². The largest absolute Gasteiger partial charge is 0.472 e. The molecule has 1 aliphatic rings. The van der Waals surface area contributed by atoms with Gasteiger partial charge in [-0.2, -0.15) is 0 Å². The lowest BCUT2D eigenvalue weighted by Crippen LogP contribution is -2.32. The summed E-state index contributed by atoms with van der Waals surface area (Å²) < 4.78 is 11.5. The second kappa shape index (κ2) is 7.10. The zero-order chi connectivity index (χ0) is 19.1. The Bertz CT molecular complexity index is 1090. The van der Waals surface area contributed by atoms with E-state index >= 15 is 0 Å². The summed E-state index contributed by atoms with van der Waals surface area (Å²) >= 11 is 12.2. The second-order valence-corrected chi connectivity index (χ2v) is 7.59. The van der Waals surface area contributed by atoms with Gasteiger partial charge in [0.25, 0.3) is 0 Å². The summed E-state index contributed by atoms with van der Waals surface area (Å²) in [6.07, 6.45) is 1.79. The van der Waals surface area contributed by atoms with E-state index in [0.717, 1.165) is 46.4 Å². The fourth-order valence-corrected chi connectivity index (χ4v) is 3.90. The average molecular weight is 404 g/mol. The minimum absolute atomic E-state index is 0.317. The zero-order valence-corrected chi connectivity index (χ0v) is 16.7. The fraction of sp³-hybridized carbons (Fsp3) is 0.286. The van der Waals surface area contributed by atoms with E-state index in [1.54, 1.807) is 12.1 Å². The third-order valence-electron chi connectivity index (χ3n) is 4.89. The van der Waals surface area contributed by atoms with Crippen LogP contribution in [0.25, 0.3) is 11.0 Å². The Kier molecular flexibility index (Phi) is 4.79. The Balaban J connectivity index is 1.80. The molecule has 0 amide bonds. The van der Waals surface area contributed by atoms with Crippen LogP contribution in [0, 0.1) is 6.92 Å². The van der Waals surface area contributed by atoms with E-state index in [-0.39, 0.29) is 5.63 Å². The smallest absolute Gasteiger partial charge is 0.336 e. The van der Waals surface area contributed by atoms with Gasteiger partial charge >= 0.3 is 5.63 Å². The summed E-state index contributed by atoms with van der Waals surface area (Å²) in [6, 6.07) is 9.23. The number of halogens is 2. The summed E-state index contributed by atoms with van der Waals surface area (Å²) in [5, 5.41) is 2.02. The SMILES string of the molecule is CCCc1cc(=O)oc2c(C)c3c(cc12)CN(c1ccc(Cl)c(Cl)c1)CO3. The van der Waals surface area contributed by atoms with Crippen LogP contribution in [0.4, 0.5) is 5.69 Å². The van der Waals surface area contributed by atoms with Crippen molar-refractivity contribution in [2.24, 2.45) is 0 Å². The van der Waals surface area contributed by atoms with Gasteiger partial charge in [0.2, 0.25) is 0 Å². The molecular weight excluding hydrogens is 385 g/mol. The number of anilines is 1. The van der Waals surface area contributed by atoms with E-state index in [9.17, 15) is 4.79 Å². The molecule has 0 radical (unpaired) electrons. The zero-order valence-electron chi connectivity index (χ0n) is 15.1. The van der Waals surface area contributed by atoms with Crippen molar-refractivity contribution in [2.45, 2.75) is 33.2 Å². The molecule has 0 bridgehead atoms. The van der Waals surface area contributed by atoms with Crippen molar-refractivity contribution in [1.82, 2.24) is 0 Å². The summed E-state index contributed by atoms with van der Waals surface area (Å²) in [7, 11) is 0. The van der Waals surface area contributed by atoms with Gasteiger partial charge in [0.15, 0.2) is 6.73 Å². The van der Waals surface area contributed by atoms with E-state index in [1.165, 1.54) is 0 Å². The van der Waals surface area contributed by atoms with Crippen LogP contribution in [-0.4, -0.2) is 6.73 Å². The Hall–Kier alpha value is -2.17. The number of benzene rings is 2. The van der Waals surface area contributed by atoms with Gasteiger partial charge < -0.3 is 14.1 Å².